The fourth-order valence-corrected chi connectivity index (χ4v) is 1.51. The summed E-state index contributed by atoms with van der Waals surface area (Å²) >= 11 is 4.11. The first-order valence-corrected chi connectivity index (χ1v) is 5.43. The molecule has 1 rings (SSSR count). The third-order valence-corrected chi connectivity index (χ3v) is 2.84. The number of benzene rings is 1. The molecule has 3 heteroatoms. The maximum absolute atomic E-state index is 10.4. The van der Waals surface area contributed by atoms with E-state index in [1.165, 1.54) is 0 Å². The summed E-state index contributed by atoms with van der Waals surface area (Å²) in [5, 5.41) is 0.701. The second-order valence-electron chi connectivity index (χ2n) is 1.61. The minimum absolute atomic E-state index is 0.701. The van der Waals surface area contributed by atoms with Crippen molar-refractivity contribution in [2.45, 2.75) is 0 Å². The van der Waals surface area contributed by atoms with Gasteiger partial charge in [-0.1, -0.05) is 0 Å². The van der Waals surface area contributed by atoms with Gasteiger partial charge in [-0.3, -0.25) is 0 Å². The van der Waals surface area contributed by atoms with E-state index in [-0.39, 0.29) is 0 Å². The molecule has 0 aliphatic heterocycles. The van der Waals surface area contributed by atoms with Gasteiger partial charge in [-0.25, -0.2) is 0 Å². The third kappa shape index (κ3) is 2.06. The van der Waals surface area contributed by atoms with Crippen LogP contribution in [-0.4, -0.2) is 21.1 Å². The SMILES string of the molecule is [O]=[Sn][c]1ccc(Cl)cc1. The van der Waals surface area contributed by atoms with E-state index in [9.17, 15) is 3.08 Å². The van der Waals surface area contributed by atoms with Crippen molar-refractivity contribution >= 4 is 36.3 Å². The monoisotopic (exact) mass is 247 g/mol. The van der Waals surface area contributed by atoms with E-state index < -0.39 is 21.1 Å². The van der Waals surface area contributed by atoms with E-state index in [0.717, 1.165) is 3.58 Å². The van der Waals surface area contributed by atoms with Crippen molar-refractivity contribution in [1.29, 1.82) is 0 Å². The van der Waals surface area contributed by atoms with Crippen molar-refractivity contribution in [3.05, 3.63) is 29.3 Å². The molecule has 0 saturated heterocycles. The molecule has 9 heavy (non-hydrogen) atoms. The molecule has 0 aliphatic carbocycles. The van der Waals surface area contributed by atoms with Crippen LogP contribution in [0.4, 0.5) is 0 Å². The van der Waals surface area contributed by atoms with E-state index in [0.29, 0.717) is 5.02 Å². The summed E-state index contributed by atoms with van der Waals surface area (Å²) in [5.41, 5.74) is 0. The fourth-order valence-electron chi connectivity index (χ4n) is 0.518. The number of hydrogen-bond acceptors (Lipinski definition) is 1. The maximum atomic E-state index is 10.4. The summed E-state index contributed by atoms with van der Waals surface area (Å²) in [6.07, 6.45) is 0. The predicted molar refractivity (Wildman–Crippen MR) is 37.5 cm³/mol. The summed E-state index contributed by atoms with van der Waals surface area (Å²) < 4.78 is 11.3. The first-order chi connectivity index (χ1) is 4.33. The second kappa shape index (κ2) is 3.32. The molecule has 0 saturated carbocycles. The molecule has 1 radical (unpaired) electrons. The predicted octanol–water partition coefficient (Wildman–Crippen LogP) is 1.02. The normalized spacial score (nSPS) is 9.00. The molecule has 1 aromatic carbocycles. The van der Waals surface area contributed by atoms with Crippen molar-refractivity contribution in [2.24, 2.45) is 0 Å². The van der Waals surface area contributed by atoms with E-state index in [1.807, 2.05) is 12.1 Å². The van der Waals surface area contributed by atoms with Gasteiger partial charge < -0.3 is 0 Å². The molecule has 0 fully saturated rings. The van der Waals surface area contributed by atoms with Crippen LogP contribution in [0.2, 0.25) is 5.02 Å². The fraction of sp³-hybridized carbons (Fsp3) is 0. The zero-order valence-corrected chi connectivity index (χ0v) is 8.21. The minimum atomic E-state index is -1.47. The van der Waals surface area contributed by atoms with E-state index in [4.69, 9.17) is 11.6 Å². The van der Waals surface area contributed by atoms with Crippen LogP contribution in [0.25, 0.3) is 0 Å². The van der Waals surface area contributed by atoms with Gasteiger partial charge in [-0.15, -0.1) is 0 Å². The average molecular weight is 246 g/mol. The van der Waals surface area contributed by atoms with Gasteiger partial charge in [0.15, 0.2) is 0 Å². The van der Waals surface area contributed by atoms with Crippen LogP contribution in [0.15, 0.2) is 24.3 Å². The molecular formula is C6H4ClOSn. The second-order valence-corrected chi connectivity index (χ2v) is 4.28. The number of hydrogen-bond donors (Lipinski definition) is 0. The Balaban J connectivity index is 3.01. The van der Waals surface area contributed by atoms with Crippen LogP contribution in [-0.2, 0) is 3.08 Å². The van der Waals surface area contributed by atoms with Crippen molar-refractivity contribution in [3.63, 3.8) is 0 Å². The average Bonchev–Trinajstić information content (AvgIpc) is 1.90. The molecule has 0 unspecified atom stereocenters. The molecule has 0 spiro atoms. The van der Waals surface area contributed by atoms with Crippen LogP contribution in [0.3, 0.4) is 0 Å². The first kappa shape index (κ1) is 7.22. The first-order valence-electron chi connectivity index (χ1n) is 2.46. The van der Waals surface area contributed by atoms with Gasteiger partial charge in [0.25, 0.3) is 0 Å². The molecule has 0 aromatic heterocycles. The zero-order valence-electron chi connectivity index (χ0n) is 4.60. The Hall–Kier alpha value is 0.109. The quantitative estimate of drug-likeness (QED) is 0.676. The van der Waals surface area contributed by atoms with Gasteiger partial charge in [0.2, 0.25) is 0 Å². The van der Waals surface area contributed by atoms with E-state index in [2.05, 4.69) is 0 Å². The van der Waals surface area contributed by atoms with E-state index in [1.54, 1.807) is 12.1 Å². The van der Waals surface area contributed by atoms with E-state index >= 15 is 0 Å². The molecule has 1 aromatic rings. The third-order valence-electron chi connectivity index (χ3n) is 0.962. The van der Waals surface area contributed by atoms with Gasteiger partial charge in [0.1, 0.15) is 0 Å². The standard InChI is InChI=1S/C6H4Cl.O.Sn/c7-6-4-2-1-3-5-6;;/h2-5H;;. The van der Waals surface area contributed by atoms with Gasteiger partial charge in [-0.2, -0.15) is 0 Å². The Bertz CT molecular complexity index is 207. The van der Waals surface area contributed by atoms with Crippen molar-refractivity contribution in [3.8, 4) is 0 Å². The van der Waals surface area contributed by atoms with Crippen LogP contribution in [0.1, 0.15) is 0 Å². The van der Waals surface area contributed by atoms with Crippen LogP contribution >= 0.6 is 11.6 Å². The Labute approximate surface area is 68.6 Å². The summed E-state index contributed by atoms with van der Waals surface area (Å²) in [7, 11) is 0. The Morgan fingerprint density at radius 2 is 1.78 bits per heavy atom. The van der Waals surface area contributed by atoms with Crippen LogP contribution in [0.5, 0.6) is 0 Å². The van der Waals surface area contributed by atoms with Gasteiger partial charge in [0, 0.05) is 0 Å². The number of halogens is 1. The summed E-state index contributed by atoms with van der Waals surface area (Å²) in [4.78, 5) is 0. The summed E-state index contributed by atoms with van der Waals surface area (Å²) in [5.74, 6) is 0. The Morgan fingerprint density at radius 3 is 2.22 bits per heavy atom. The molecule has 0 heterocycles. The molecule has 45 valence electrons. The van der Waals surface area contributed by atoms with Crippen LogP contribution < -0.4 is 3.58 Å². The molecule has 0 bridgehead atoms. The summed E-state index contributed by atoms with van der Waals surface area (Å²) in [6.45, 7) is 0. The van der Waals surface area contributed by atoms with Crippen molar-refractivity contribution in [1.82, 2.24) is 0 Å². The molecule has 1 nitrogen and oxygen atoms in total. The Kier molecular flexibility index (Phi) is 2.66. The zero-order chi connectivity index (χ0) is 6.69. The van der Waals surface area contributed by atoms with Crippen molar-refractivity contribution in [2.75, 3.05) is 0 Å². The Morgan fingerprint density at radius 1 is 1.22 bits per heavy atom. The van der Waals surface area contributed by atoms with Crippen molar-refractivity contribution < 1.29 is 3.08 Å². The molecule has 0 aliphatic rings. The van der Waals surface area contributed by atoms with Crippen LogP contribution in [0, 0.1) is 0 Å². The molecule has 0 atom stereocenters. The summed E-state index contributed by atoms with van der Waals surface area (Å²) in [6, 6.07) is 7.13. The molecule has 0 amide bonds. The topological polar surface area (TPSA) is 17.1 Å². The van der Waals surface area contributed by atoms with Gasteiger partial charge >= 0.3 is 68.7 Å². The van der Waals surface area contributed by atoms with Gasteiger partial charge in [-0.05, 0) is 0 Å². The number of rotatable bonds is 1. The molecule has 0 N–H and O–H groups in total. The molecular weight excluding hydrogens is 242 g/mol. The van der Waals surface area contributed by atoms with Gasteiger partial charge in [0.05, 0.1) is 0 Å².